The van der Waals surface area contributed by atoms with Gasteiger partial charge in [0.1, 0.15) is 35.9 Å². The van der Waals surface area contributed by atoms with Gasteiger partial charge in [-0.2, -0.15) is 0 Å². The first-order valence-electron chi connectivity index (χ1n) is 7.30. The Bertz CT molecular complexity index is 648. The minimum atomic E-state index is -1.39. The fraction of sp³-hybridized carbons (Fsp3) is 0.278. The van der Waals surface area contributed by atoms with Crippen LogP contribution >= 0.6 is 0 Å². The van der Waals surface area contributed by atoms with Crippen LogP contribution in [0.2, 0.25) is 0 Å². The Morgan fingerprint density at radius 1 is 1.13 bits per heavy atom. The van der Waals surface area contributed by atoms with E-state index < -0.39 is 23.3 Å². The van der Waals surface area contributed by atoms with Crippen molar-refractivity contribution < 1.29 is 23.4 Å². The van der Waals surface area contributed by atoms with Crippen LogP contribution < -0.4 is 4.74 Å². The van der Waals surface area contributed by atoms with E-state index in [9.17, 15) is 18.7 Å². The SMILES string of the molecule is CC(=O)CCc1ccc(OCC(O)c2c(F)cccc2F)cc1. The summed E-state index contributed by atoms with van der Waals surface area (Å²) in [6.07, 6.45) is -0.266. The van der Waals surface area contributed by atoms with Crippen molar-refractivity contribution >= 4 is 5.78 Å². The summed E-state index contributed by atoms with van der Waals surface area (Å²) >= 11 is 0. The van der Waals surface area contributed by atoms with Gasteiger partial charge >= 0.3 is 0 Å². The van der Waals surface area contributed by atoms with Crippen molar-refractivity contribution in [3.8, 4) is 5.75 Å². The van der Waals surface area contributed by atoms with Gasteiger partial charge in [0.05, 0.1) is 5.56 Å². The van der Waals surface area contributed by atoms with E-state index in [0.717, 1.165) is 17.7 Å². The molecule has 2 aromatic carbocycles. The molecule has 0 aliphatic heterocycles. The van der Waals surface area contributed by atoms with Gasteiger partial charge in [0.15, 0.2) is 0 Å². The van der Waals surface area contributed by atoms with Gasteiger partial charge in [-0.3, -0.25) is 0 Å². The van der Waals surface area contributed by atoms with Crippen LogP contribution in [0.3, 0.4) is 0 Å². The Balaban J connectivity index is 1.94. The first kappa shape index (κ1) is 17.1. The number of benzene rings is 2. The minimum Gasteiger partial charge on any atom is -0.491 e. The van der Waals surface area contributed by atoms with Gasteiger partial charge < -0.3 is 14.6 Å². The summed E-state index contributed by atoms with van der Waals surface area (Å²) in [6, 6.07) is 10.4. The number of ketones is 1. The number of hydrogen-bond donors (Lipinski definition) is 1. The smallest absolute Gasteiger partial charge is 0.132 e. The number of aliphatic hydroxyl groups excluding tert-OH is 1. The van der Waals surface area contributed by atoms with Crippen molar-refractivity contribution in [2.75, 3.05) is 6.61 Å². The minimum absolute atomic E-state index is 0.125. The summed E-state index contributed by atoms with van der Waals surface area (Å²) in [5.74, 6) is -1.01. The van der Waals surface area contributed by atoms with E-state index in [4.69, 9.17) is 4.74 Å². The zero-order chi connectivity index (χ0) is 16.8. The van der Waals surface area contributed by atoms with Crippen LogP contribution in [0.1, 0.15) is 30.6 Å². The second-order valence-corrected chi connectivity index (χ2v) is 5.31. The third-order valence-corrected chi connectivity index (χ3v) is 3.43. The molecule has 2 aromatic rings. The van der Waals surface area contributed by atoms with Crippen LogP contribution in [-0.4, -0.2) is 17.5 Å². The standard InChI is InChI=1S/C18H18F2O3/c1-12(21)5-6-13-7-9-14(10-8-13)23-11-17(22)18-15(19)3-2-4-16(18)20/h2-4,7-10,17,22H,5-6,11H2,1H3. The quantitative estimate of drug-likeness (QED) is 0.848. The highest BCUT2D eigenvalue weighted by Gasteiger charge is 2.18. The number of halogens is 2. The van der Waals surface area contributed by atoms with Crippen molar-refractivity contribution in [1.29, 1.82) is 0 Å². The van der Waals surface area contributed by atoms with Crippen LogP contribution in [0.4, 0.5) is 8.78 Å². The topological polar surface area (TPSA) is 46.5 Å². The summed E-state index contributed by atoms with van der Waals surface area (Å²) < 4.78 is 32.5. The second kappa shape index (κ2) is 7.83. The monoisotopic (exact) mass is 320 g/mol. The molecule has 0 aliphatic rings. The van der Waals surface area contributed by atoms with Gasteiger partial charge in [0.25, 0.3) is 0 Å². The number of ether oxygens (including phenoxy) is 1. The number of rotatable bonds is 7. The molecule has 5 heteroatoms. The molecule has 0 fully saturated rings. The molecule has 1 unspecified atom stereocenters. The Labute approximate surface area is 133 Å². The number of carbonyl (C=O) groups excluding carboxylic acids is 1. The summed E-state index contributed by atoms with van der Waals surface area (Å²) in [6.45, 7) is 1.28. The lowest BCUT2D eigenvalue weighted by molar-refractivity contribution is -0.116. The fourth-order valence-electron chi connectivity index (χ4n) is 2.16. The first-order chi connectivity index (χ1) is 11.0. The first-order valence-corrected chi connectivity index (χ1v) is 7.30. The van der Waals surface area contributed by atoms with E-state index in [2.05, 4.69) is 0 Å². The van der Waals surface area contributed by atoms with Crippen molar-refractivity contribution in [2.24, 2.45) is 0 Å². The number of Topliss-reactive ketones (excluding diaryl/α,β-unsaturated/α-hetero) is 1. The van der Waals surface area contributed by atoms with E-state index in [1.165, 1.54) is 6.07 Å². The largest absolute Gasteiger partial charge is 0.491 e. The molecule has 0 saturated heterocycles. The van der Waals surface area contributed by atoms with Crippen LogP contribution in [0.5, 0.6) is 5.75 Å². The number of hydrogen-bond acceptors (Lipinski definition) is 3. The lowest BCUT2D eigenvalue weighted by Crippen LogP contribution is -2.13. The Hall–Kier alpha value is -2.27. The fourth-order valence-corrected chi connectivity index (χ4v) is 2.16. The molecular weight excluding hydrogens is 302 g/mol. The summed E-state index contributed by atoms with van der Waals surface area (Å²) in [5, 5.41) is 9.90. The number of aliphatic hydroxyl groups is 1. The van der Waals surface area contributed by atoms with Crippen molar-refractivity contribution in [3.63, 3.8) is 0 Å². The summed E-state index contributed by atoms with van der Waals surface area (Å²) in [7, 11) is 0. The average molecular weight is 320 g/mol. The molecule has 2 rings (SSSR count). The molecule has 122 valence electrons. The molecule has 3 nitrogen and oxygen atoms in total. The highest BCUT2D eigenvalue weighted by Crippen LogP contribution is 2.22. The lowest BCUT2D eigenvalue weighted by Gasteiger charge is -2.14. The molecule has 0 saturated carbocycles. The third kappa shape index (κ3) is 4.86. The zero-order valence-corrected chi connectivity index (χ0v) is 12.8. The molecule has 0 aliphatic carbocycles. The average Bonchev–Trinajstić information content (AvgIpc) is 2.51. The van der Waals surface area contributed by atoms with E-state index in [0.29, 0.717) is 18.6 Å². The molecule has 0 heterocycles. The predicted molar refractivity (Wildman–Crippen MR) is 82.3 cm³/mol. The molecule has 0 bridgehead atoms. The molecule has 0 aromatic heterocycles. The van der Waals surface area contributed by atoms with Crippen LogP contribution in [0.25, 0.3) is 0 Å². The normalized spacial score (nSPS) is 12.0. The van der Waals surface area contributed by atoms with Crippen LogP contribution in [0, 0.1) is 11.6 Å². The van der Waals surface area contributed by atoms with Gasteiger partial charge in [-0.1, -0.05) is 18.2 Å². The van der Waals surface area contributed by atoms with Gasteiger partial charge in [-0.25, -0.2) is 8.78 Å². The summed E-state index contributed by atoms with van der Waals surface area (Å²) in [4.78, 5) is 10.9. The van der Waals surface area contributed by atoms with Crippen molar-refractivity contribution in [3.05, 3.63) is 65.2 Å². The highest BCUT2D eigenvalue weighted by molar-refractivity contribution is 5.75. The molecule has 0 spiro atoms. The van der Waals surface area contributed by atoms with E-state index in [1.54, 1.807) is 19.1 Å². The zero-order valence-electron chi connectivity index (χ0n) is 12.8. The summed E-state index contributed by atoms with van der Waals surface area (Å²) in [5.41, 5.74) is 0.596. The third-order valence-electron chi connectivity index (χ3n) is 3.43. The van der Waals surface area contributed by atoms with E-state index in [-0.39, 0.29) is 12.4 Å². The molecule has 1 N–H and O–H groups in total. The van der Waals surface area contributed by atoms with E-state index in [1.807, 2.05) is 12.1 Å². The van der Waals surface area contributed by atoms with Gasteiger partial charge in [-0.15, -0.1) is 0 Å². The molecule has 23 heavy (non-hydrogen) atoms. The second-order valence-electron chi connectivity index (χ2n) is 5.31. The predicted octanol–water partition coefficient (Wildman–Crippen LogP) is 3.60. The van der Waals surface area contributed by atoms with Crippen molar-refractivity contribution in [1.82, 2.24) is 0 Å². The highest BCUT2D eigenvalue weighted by atomic mass is 19.1. The van der Waals surface area contributed by atoms with Gasteiger partial charge in [-0.05, 0) is 43.2 Å². The molecular formula is C18H18F2O3. The maximum Gasteiger partial charge on any atom is 0.132 e. The molecule has 0 amide bonds. The van der Waals surface area contributed by atoms with Crippen LogP contribution in [0.15, 0.2) is 42.5 Å². The molecule has 1 atom stereocenters. The maximum absolute atomic E-state index is 13.5. The Kier molecular flexibility index (Phi) is 5.82. The Morgan fingerprint density at radius 2 is 1.74 bits per heavy atom. The Morgan fingerprint density at radius 3 is 2.30 bits per heavy atom. The lowest BCUT2D eigenvalue weighted by atomic mass is 10.1. The molecule has 0 radical (unpaired) electrons. The van der Waals surface area contributed by atoms with Gasteiger partial charge in [0.2, 0.25) is 0 Å². The van der Waals surface area contributed by atoms with E-state index >= 15 is 0 Å². The van der Waals surface area contributed by atoms with Crippen molar-refractivity contribution in [2.45, 2.75) is 25.9 Å². The number of aryl methyl sites for hydroxylation is 1. The van der Waals surface area contributed by atoms with Gasteiger partial charge in [0, 0.05) is 6.42 Å². The number of carbonyl (C=O) groups is 1. The maximum atomic E-state index is 13.5. The van der Waals surface area contributed by atoms with Crippen LogP contribution in [-0.2, 0) is 11.2 Å².